The molecular formula is C19H28F3N3O5S. The number of carbonyl (C=O) groups is 1. The number of alkyl halides is 3. The summed E-state index contributed by atoms with van der Waals surface area (Å²) >= 11 is 0. The first kappa shape index (κ1) is 25.2. The number of hydrogen-bond donors (Lipinski definition) is 2. The van der Waals surface area contributed by atoms with E-state index in [1.807, 2.05) is 18.6 Å². The lowest BCUT2D eigenvalue weighted by atomic mass is 10.0. The molecular weight excluding hydrogens is 439 g/mol. The van der Waals surface area contributed by atoms with Gasteiger partial charge in [-0.25, -0.2) is 8.42 Å². The molecule has 2 N–H and O–H groups in total. The molecule has 1 aliphatic heterocycles. The van der Waals surface area contributed by atoms with E-state index in [1.54, 1.807) is 14.2 Å². The van der Waals surface area contributed by atoms with Gasteiger partial charge in [0.1, 0.15) is 12.4 Å². The van der Waals surface area contributed by atoms with Crippen molar-refractivity contribution in [3.8, 4) is 5.75 Å². The largest absolute Gasteiger partial charge is 0.491 e. The van der Waals surface area contributed by atoms with Crippen LogP contribution in [-0.2, 0) is 14.8 Å². The molecule has 0 aromatic heterocycles. The number of fused-ring (bicyclic) bond motifs is 1. The maximum Gasteiger partial charge on any atom is 0.404 e. The molecule has 176 valence electrons. The molecule has 12 heteroatoms. The van der Waals surface area contributed by atoms with E-state index in [0.29, 0.717) is 6.54 Å². The Kier molecular flexibility index (Phi) is 8.17. The number of methoxy groups -OCH3 is 1. The van der Waals surface area contributed by atoms with Gasteiger partial charge < -0.3 is 19.7 Å². The predicted molar refractivity (Wildman–Crippen MR) is 110 cm³/mol. The predicted octanol–water partition coefficient (Wildman–Crippen LogP) is 2.08. The van der Waals surface area contributed by atoms with Crippen molar-refractivity contribution >= 4 is 21.6 Å². The van der Waals surface area contributed by atoms with Crippen LogP contribution < -0.4 is 14.8 Å². The monoisotopic (exact) mass is 467 g/mol. The molecule has 0 radical (unpaired) electrons. The molecule has 1 aliphatic rings. The summed E-state index contributed by atoms with van der Waals surface area (Å²) in [6.45, 7) is 5.04. The highest BCUT2D eigenvalue weighted by atomic mass is 32.2. The lowest BCUT2D eigenvalue weighted by molar-refractivity contribution is -0.106. The highest BCUT2D eigenvalue weighted by molar-refractivity contribution is 7.92. The number of halogens is 3. The molecule has 1 aromatic carbocycles. The van der Waals surface area contributed by atoms with Gasteiger partial charge in [0.05, 0.1) is 11.7 Å². The van der Waals surface area contributed by atoms with Crippen molar-refractivity contribution in [1.82, 2.24) is 10.2 Å². The summed E-state index contributed by atoms with van der Waals surface area (Å²) in [7, 11) is -1.57. The standard InChI is InChI=1S/C19H28F3N3O5S/c1-12-8-23-13(2)10-30-16-6-5-14(24-31(27,28)11-19(20,21)22)7-15(16)18(26)25(3)9-17(12)29-4/h5-7,12-13,17,23-24H,8-11H2,1-4H3/t12-,13+,17-/m0/s1. The van der Waals surface area contributed by atoms with E-state index in [9.17, 15) is 26.4 Å². The summed E-state index contributed by atoms with van der Waals surface area (Å²) in [4.78, 5) is 14.5. The second-order valence-electron chi connectivity index (χ2n) is 7.74. The van der Waals surface area contributed by atoms with Gasteiger partial charge in [-0.15, -0.1) is 0 Å². The van der Waals surface area contributed by atoms with Crippen LogP contribution in [0.3, 0.4) is 0 Å². The van der Waals surface area contributed by atoms with Crippen LogP contribution in [0.1, 0.15) is 24.2 Å². The lowest BCUT2D eigenvalue weighted by Crippen LogP contribution is -2.44. The number of nitrogens with zero attached hydrogens (tertiary/aromatic N) is 1. The van der Waals surface area contributed by atoms with E-state index >= 15 is 0 Å². The quantitative estimate of drug-likeness (QED) is 0.704. The normalized spacial score (nSPS) is 23.9. The molecule has 0 unspecified atom stereocenters. The fraction of sp³-hybridized carbons (Fsp3) is 0.632. The fourth-order valence-corrected chi connectivity index (χ4v) is 4.14. The number of nitrogens with one attached hydrogen (secondary N) is 2. The van der Waals surface area contributed by atoms with Crippen LogP contribution in [0.5, 0.6) is 5.75 Å². The molecule has 31 heavy (non-hydrogen) atoms. The van der Waals surface area contributed by atoms with Crippen LogP contribution in [-0.4, -0.2) is 77.2 Å². The third-order valence-electron chi connectivity index (χ3n) is 4.85. The number of carbonyl (C=O) groups excluding carboxylic acids is 1. The van der Waals surface area contributed by atoms with Gasteiger partial charge >= 0.3 is 6.18 Å². The Morgan fingerprint density at radius 1 is 1.32 bits per heavy atom. The zero-order chi connectivity index (χ0) is 23.4. The molecule has 0 aliphatic carbocycles. The van der Waals surface area contributed by atoms with Gasteiger partial charge in [0.2, 0.25) is 10.0 Å². The minimum absolute atomic E-state index is 0.0324. The van der Waals surface area contributed by atoms with Crippen molar-refractivity contribution < 1.29 is 35.9 Å². The topological polar surface area (TPSA) is 97.0 Å². The van der Waals surface area contributed by atoms with Crippen LogP contribution in [0.4, 0.5) is 18.9 Å². The first-order chi connectivity index (χ1) is 14.3. The van der Waals surface area contributed by atoms with Crippen LogP contribution in [0.15, 0.2) is 18.2 Å². The Labute approximate surface area is 180 Å². The van der Waals surface area contributed by atoms with Crippen molar-refractivity contribution in [2.75, 3.05) is 44.3 Å². The summed E-state index contributed by atoms with van der Waals surface area (Å²) in [5.74, 6) is -2.21. The third-order valence-corrected chi connectivity index (χ3v) is 6.11. The van der Waals surface area contributed by atoms with Crippen molar-refractivity contribution in [3.05, 3.63) is 23.8 Å². The first-order valence-corrected chi connectivity index (χ1v) is 11.3. The van der Waals surface area contributed by atoms with Crippen molar-refractivity contribution in [2.45, 2.75) is 32.2 Å². The molecule has 0 fully saturated rings. The fourth-order valence-electron chi connectivity index (χ4n) is 3.16. The first-order valence-electron chi connectivity index (χ1n) is 9.67. The molecule has 1 aromatic rings. The minimum atomic E-state index is -4.89. The Balaban J connectivity index is 2.37. The number of anilines is 1. The van der Waals surface area contributed by atoms with Crippen molar-refractivity contribution in [3.63, 3.8) is 0 Å². The van der Waals surface area contributed by atoms with Crippen molar-refractivity contribution in [2.24, 2.45) is 5.92 Å². The molecule has 0 saturated heterocycles. The molecule has 2 rings (SSSR count). The maximum atomic E-state index is 13.1. The van der Waals surface area contributed by atoms with E-state index in [-0.39, 0.29) is 48.2 Å². The number of hydrogen-bond acceptors (Lipinski definition) is 6. The number of ether oxygens (including phenoxy) is 2. The maximum absolute atomic E-state index is 13.1. The smallest absolute Gasteiger partial charge is 0.404 e. The molecule has 8 nitrogen and oxygen atoms in total. The second kappa shape index (κ2) is 10.0. The van der Waals surface area contributed by atoms with Gasteiger partial charge in [-0.3, -0.25) is 9.52 Å². The number of sulfonamides is 1. The van der Waals surface area contributed by atoms with Gasteiger partial charge in [-0.05, 0) is 31.0 Å². The highest BCUT2D eigenvalue weighted by Gasteiger charge is 2.35. The van der Waals surface area contributed by atoms with E-state index in [1.165, 1.54) is 23.1 Å². The van der Waals surface area contributed by atoms with Gasteiger partial charge in [0, 0.05) is 39.0 Å². The van der Waals surface area contributed by atoms with Crippen molar-refractivity contribution in [1.29, 1.82) is 0 Å². The Morgan fingerprint density at radius 2 is 2.00 bits per heavy atom. The van der Waals surface area contributed by atoms with E-state index < -0.39 is 27.9 Å². The number of benzene rings is 1. The highest BCUT2D eigenvalue weighted by Crippen LogP contribution is 2.27. The average molecular weight is 468 g/mol. The zero-order valence-corrected chi connectivity index (χ0v) is 18.6. The van der Waals surface area contributed by atoms with Gasteiger partial charge in [0.25, 0.3) is 5.91 Å². The summed E-state index contributed by atoms with van der Waals surface area (Å²) < 4.78 is 74.3. The molecule has 0 bridgehead atoms. The molecule has 1 heterocycles. The summed E-state index contributed by atoms with van der Waals surface area (Å²) in [5.41, 5.74) is -0.131. The van der Waals surface area contributed by atoms with Crippen LogP contribution >= 0.6 is 0 Å². The SMILES string of the molecule is CO[C@H]1CN(C)C(=O)c2cc(NS(=O)(=O)CC(F)(F)F)ccc2OC[C@@H](C)NC[C@@H]1C. The van der Waals surface area contributed by atoms with E-state index in [0.717, 1.165) is 0 Å². The second-order valence-corrected chi connectivity index (χ2v) is 9.47. The Bertz CT molecular complexity index is 879. The molecule has 0 spiro atoms. The molecule has 0 saturated carbocycles. The van der Waals surface area contributed by atoms with Gasteiger partial charge in [-0.2, -0.15) is 13.2 Å². The van der Waals surface area contributed by atoms with E-state index in [4.69, 9.17) is 9.47 Å². The van der Waals surface area contributed by atoms with E-state index in [2.05, 4.69) is 5.32 Å². The summed E-state index contributed by atoms with van der Waals surface area (Å²) in [5, 5.41) is 3.33. The van der Waals surface area contributed by atoms with Gasteiger partial charge in [-0.1, -0.05) is 6.92 Å². The Hall–Kier alpha value is -2.05. The third kappa shape index (κ3) is 7.54. The number of likely N-dealkylation sites (N-methyl/N-ethyl adjacent to an activating group) is 1. The summed E-state index contributed by atoms with van der Waals surface area (Å²) in [6.07, 6.45) is -5.15. The van der Waals surface area contributed by atoms with Crippen LogP contribution in [0.2, 0.25) is 0 Å². The molecule has 3 atom stereocenters. The molecule has 1 amide bonds. The lowest BCUT2D eigenvalue weighted by Gasteiger charge is -2.30. The van der Waals surface area contributed by atoms with Crippen LogP contribution in [0, 0.1) is 5.92 Å². The summed E-state index contributed by atoms with van der Waals surface area (Å²) in [6, 6.07) is 3.74. The Morgan fingerprint density at radius 3 is 2.61 bits per heavy atom. The van der Waals surface area contributed by atoms with Crippen LogP contribution in [0.25, 0.3) is 0 Å². The number of rotatable bonds is 4. The average Bonchev–Trinajstić information content (AvgIpc) is 2.65. The zero-order valence-electron chi connectivity index (χ0n) is 17.8. The number of amides is 1. The van der Waals surface area contributed by atoms with Gasteiger partial charge in [0.15, 0.2) is 5.75 Å². The minimum Gasteiger partial charge on any atom is -0.491 e.